The Kier molecular flexibility index (Phi) is 6.07. The Hall–Kier alpha value is -0.910. The number of methoxy groups -OCH3 is 1. The molecule has 0 fully saturated rings. The van der Waals surface area contributed by atoms with Crippen molar-refractivity contribution in [2.75, 3.05) is 33.5 Å². The number of pyridine rings is 1. The van der Waals surface area contributed by atoms with E-state index in [1.165, 1.54) is 6.20 Å². The van der Waals surface area contributed by atoms with Crippen LogP contribution in [0, 0.1) is 5.82 Å². The smallest absolute Gasteiger partial charge is 0.250 e. The second-order valence-corrected chi connectivity index (χ2v) is 3.33. The largest absolute Gasteiger partial charge is 0.473 e. The van der Waals surface area contributed by atoms with Crippen LogP contribution in [0.5, 0.6) is 5.88 Å². The van der Waals surface area contributed by atoms with E-state index in [0.29, 0.717) is 19.8 Å². The first-order valence-electron chi connectivity index (χ1n) is 4.74. The molecule has 6 heteroatoms. The van der Waals surface area contributed by atoms with Crippen LogP contribution in [-0.2, 0) is 9.47 Å². The number of aromatic nitrogens is 1. The molecule has 0 spiro atoms. The molecule has 1 rings (SSSR count). The Morgan fingerprint density at radius 1 is 1.31 bits per heavy atom. The maximum absolute atomic E-state index is 13.1. The highest BCUT2D eigenvalue weighted by Crippen LogP contribution is 2.17. The van der Waals surface area contributed by atoms with Crippen molar-refractivity contribution in [1.29, 1.82) is 0 Å². The summed E-state index contributed by atoms with van der Waals surface area (Å²) >= 11 is 5.54. The van der Waals surface area contributed by atoms with Crippen molar-refractivity contribution in [1.82, 2.24) is 4.98 Å². The van der Waals surface area contributed by atoms with Gasteiger partial charge in [0.2, 0.25) is 0 Å². The molecule has 0 aliphatic rings. The van der Waals surface area contributed by atoms with Crippen molar-refractivity contribution < 1.29 is 18.6 Å². The normalized spacial score (nSPS) is 10.4. The zero-order valence-corrected chi connectivity index (χ0v) is 9.67. The Labute approximate surface area is 98.3 Å². The topological polar surface area (TPSA) is 40.6 Å². The molecule has 0 N–H and O–H groups in total. The molecule has 0 radical (unpaired) electrons. The van der Waals surface area contributed by atoms with Crippen molar-refractivity contribution in [2.45, 2.75) is 0 Å². The number of hydrogen-bond acceptors (Lipinski definition) is 4. The minimum absolute atomic E-state index is 0.0697. The van der Waals surface area contributed by atoms with E-state index in [4.69, 9.17) is 25.8 Å². The first kappa shape index (κ1) is 13.2. The van der Waals surface area contributed by atoms with Crippen LogP contribution in [0.2, 0.25) is 5.02 Å². The van der Waals surface area contributed by atoms with Crippen LogP contribution in [-0.4, -0.2) is 38.5 Å². The molecule has 0 saturated heterocycles. The molecule has 0 unspecified atom stereocenters. The molecule has 4 nitrogen and oxygen atoms in total. The molecule has 90 valence electrons. The molecular weight excluding hydrogens is 237 g/mol. The van der Waals surface area contributed by atoms with Gasteiger partial charge in [-0.05, 0) is 6.07 Å². The van der Waals surface area contributed by atoms with E-state index in [-0.39, 0.29) is 17.5 Å². The lowest BCUT2D eigenvalue weighted by Gasteiger charge is -2.06. The van der Waals surface area contributed by atoms with E-state index in [9.17, 15) is 4.39 Å². The van der Waals surface area contributed by atoms with Crippen LogP contribution in [0.4, 0.5) is 4.39 Å². The lowest BCUT2D eigenvalue weighted by atomic mass is 10.4. The fraction of sp³-hybridized carbons (Fsp3) is 0.500. The molecule has 0 saturated carbocycles. The predicted molar refractivity (Wildman–Crippen MR) is 57.4 cm³/mol. The zero-order chi connectivity index (χ0) is 11.8. The van der Waals surface area contributed by atoms with Gasteiger partial charge in [0.1, 0.15) is 6.61 Å². The van der Waals surface area contributed by atoms with Crippen LogP contribution >= 0.6 is 11.6 Å². The maximum Gasteiger partial charge on any atom is 0.250 e. The van der Waals surface area contributed by atoms with E-state index in [0.717, 1.165) is 6.07 Å². The highest BCUT2D eigenvalue weighted by atomic mass is 35.5. The number of rotatable bonds is 7. The lowest BCUT2D eigenvalue weighted by Crippen LogP contribution is -2.11. The van der Waals surface area contributed by atoms with Crippen LogP contribution in [0.1, 0.15) is 0 Å². The van der Waals surface area contributed by atoms with Crippen LogP contribution < -0.4 is 4.74 Å². The van der Waals surface area contributed by atoms with Gasteiger partial charge in [0.15, 0.2) is 5.82 Å². The zero-order valence-electron chi connectivity index (χ0n) is 8.91. The van der Waals surface area contributed by atoms with Gasteiger partial charge in [0.05, 0.1) is 24.8 Å². The molecule has 0 bridgehead atoms. The Morgan fingerprint density at radius 3 is 2.75 bits per heavy atom. The van der Waals surface area contributed by atoms with Gasteiger partial charge in [-0.1, -0.05) is 11.6 Å². The first-order chi connectivity index (χ1) is 7.74. The molecule has 0 atom stereocenters. The van der Waals surface area contributed by atoms with Gasteiger partial charge in [-0.25, -0.2) is 9.37 Å². The summed E-state index contributed by atoms with van der Waals surface area (Å²) in [5, 5.41) is 0.237. The molecule has 0 amide bonds. The van der Waals surface area contributed by atoms with E-state index in [1.54, 1.807) is 7.11 Å². The fourth-order valence-electron chi connectivity index (χ4n) is 0.950. The minimum Gasteiger partial charge on any atom is -0.473 e. The summed E-state index contributed by atoms with van der Waals surface area (Å²) in [7, 11) is 1.59. The van der Waals surface area contributed by atoms with Gasteiger partial charge >= 0.3 is 0 Å². The van der Waals surface area contributed by atoms with E-state index >= 15 is 0 Å². The average Bonchev–Trinajstić information content (AvgIpc) is 2.26. The van der Waals surface area contributed by atoms with Gasteiger partial charge in [-0.2, -0.15) is 0 Å². The molecule has 1 aromatic rings. The van der Waals surface area contributed by atoms with Crippen molar-refractivity contribution in [3.63, 3.8) is 0 Å². The fourth-order valence-corrected chi connectivity index (χ4v) is 1.09. The summed E-state index contributed by atoms with van der Waals surface area (Å²) < 4.78 is 28.1. The van der Waals surface area contributed by atoms with Gasteiger partial charge in [0.25, 0.3) is 5.88 Å². The van der Waals surface area contributed by atoms with Crippen molar-refractivity contribution >= 4 is 11.6 Å². The Morgan fingerprint density at radius 2 is 2.06 bits per heavy atom. The molecule has 1 heterocycles. The highest BCUT2D eigenvalue weighted by Gasteiger charge is 2.05. The summed E-state index contributed by atoms with van der Waals surface area (Å²) in [6.45, 7) is 1.59. The van der Waals surface area contributed by atoms with Crippen molar-refractivity contribution in [3.8, 4) is 5.88 Å². The van der Waals surface area contributed by atoms with Gasteiger partial charge in [-0.3, -0.25) is 0 Å². The Balaban J connectivity index is 2.21. The van der Waals surface area contributed by atoms with Gasteiger partial charge < -0.3 is 14.2 Å². The Bertz CT molecular complexity index is 325. The molecule has 0 aliphatic carbocycles. The third-order valence-corrected chi connectivity index (χ3v) is 1.88. The number of nitrogens with zero attached hydrogens (tertiary/aromatic N) is 1. The summed E-state index contributed by atoms with van der Waals surface area (Å²) in [6.07, 6.45) is 1.33. The van der Waals surface area contributed by atoms with E-state index < -0.39 is 5.82 Å². The number of hydrogen-bond donors (Lipinski definition) is 0. The van der Waals surface area contributed by atoms with Crippen LogP contribution in [0.15, 0.2) is 12.3 Å². The number of halogens is 2. The summed E-state index contributed by atoms with van der Waals surface area (Å²) in [5.74, 6) is -0.649. The third kappa shape index (κ3) is 4.74. The standard InChI is InChI=1S/C10H13ClFNO3/c1-14-2-3-15-4-5-16-10-9(12)6-8(11)7-13-10/h6-7H,2-5H2,1H3. The molecular formula is C10H13ClFNO3. The lowest BCUT2D eigenvalue weighted by molar-refractivity contribution is 0.0529. The minimum atomic E-state index is -0.579. The highest BCUT2D eigenvalue weighted by molar-refractivity contribution is 6.30. The summed E-state index contributed by atoms with van der Waals surface area (Å²) in [4.78, 5) is 3.70. The van der Waals surface area contributed by atoms with Crippen LogP contribution in [0.25, 0.3) is 0 Å². The monoisotopic (exact) mass is 249 g/mol. The average molecular weight is 250 g/mol. The molecule has 1 aromatic heterocycles. The van der Waals surface area contributed by atoms with Crippen molar-refractivity contribution in [2.24, 2.45) is 0 Å². The van der Waals surface area contributed by atoms with Gasteiger partial charge in [0, 0.05) is 13.3 Å². The third-order valence-electron chi connectivity index (χ3n) is 1.67. The molecule has 0 aliphatic heterocycles. The van der Waals surface area contributed by atoms with Gasteiger partial charge in [-0.15, -0.1) is 0 Å². The summed E-state index contributed by atoms with van der Waals surface area (Å²) in [5.41, 5.74) is 0. The van der Waals surface area contributed by atoms with Crippen LogP contribution in [0.3, 0.4) is 0 Å². The van der Waals surface area contributed by atoms with E-state index in [2.05, 4.69) is 4.98 Å². The quantitative estimate of drug-likeness (QED) is 0.693. The van der Waals surface area contributed by atoms with Crippen molar-refractivity contribution in [3.05, 3.63) is 23.1 Å². The first-order valence-corrected chi connectivity index (χ1v) is 5.12. The summed E-state index contributed by atoms with van der Waals surface area (Å²) in [6, 6.07) is 1.15. The second-order valence-electron chi connectivity index (χ2n) is 2.89. The predicted octanol–water partition coefficient (Wildman–Crippen LogP) is 1.92. The maximum atomic E-state index is 13.1. The second kappa shape index (κ2) is 7.38. The SMILES string of the molecule is COCCOCCOc1ncc(Cl)cc1F. The van der Waals surface area contributed by atoms with E-state index in [1.807, 2.05) is 0 Å². The molecule has 0 aromatic carbocycles. The molecule has 16 heavy (non-hydrogen) atoms. The number of ether oxygens (including phenoxy) is 3.